The largest absolute Gasteiger partial charge is 0.494 e. The zero-order valence-corrected chi connectivity index (χ0v) is 21.8. The van der Waals surface area contributed by atoms with Gasteiger partial charge in [-0.1, -0.05) is 24.3 Å². The number of nitrogens with zero attached hydrogens (tertiary/aromatic N) is 1. The lowest BCUT2D eigenvalue weighted by molar-refractivity contribution is 0.206. The minimum absolute atomic E-state index is 0.0620. The van der Waals surface area contributed by atoms with Gasteiger partial charge in [-0.15, -0.1) is 0 Å². The summed E-state index contributed by atoms with van der Waals surface area (Å²) in [5.41, 5.74) is 2.00. The number of amides is 2. The second-order valence-electron chi connectivity index (χ2n) is 8.51. The van der Waals surface area contributed by atoms with Gasteiger partial charge >= 0.3 is 16.1 Å². The van der Waals surface area contributed by atoms with Gasteiger partial charge in [-0.2, -0.15) is 8.42 Å². The van der Waals surface area contributed by atoms with Crippen molar-refractivity contribution in [3.63, 3.8) is 0 Å². The number of carbonyl (C=O) groups excluding carboxylic acids is 1. The summed E-state index contributed by atoms with van der Waals surface area (Å²) in [4.78, 5) is 14.6. The van der Waals surface area contributed by atoms with Crippen LogP contribution in [0, 0.1) is 11.6 Å². The number of urea groups is 1. The summed E-state index contributed by atoms with van der Waals surface area (Å²) >= 11 is 0. The molecule has 0 fully saturated rings. The number of halogens is 2. The first-order valence-corrected chi connectivity index (χ1v) is 13.4. The van der Waals surface area contributed by atoms with Crippen molar-refractivity contribution in [1.82, 2.24) is 4.90 Å². The summed E-state index contributed by atoms with van der Waals surface area (Å²) in [7, 11) is -4.15. The van der Waals surface area contributed by atoms with Crippen LogP contribution in [0.3, 0.4) is 0 Å². The molecule has 0 aliphatic rings. The Balaban J connectivity index is 1.48. The number of carbonyl (C=O) groups is 1. The van der Waals surface area contributed by atoms with Gasteiger partial charge in [0.05, 0.1) is 6.61 Å². The highest BCUT2D eigenvalue weighted by atomic mass is 32.2. The number of nitrogens with one attached hydrogen (secondary N) is 1. The number of benzene rings is 4. The highest BCUT2D eigenvalue weighted by Crippen LogP contribution is 2.22. The highest BCUT2D eigenvalue weighted by Gasteiger charge is 2.18. The van der Waals surface area contributed by atoms with Crippen LogP contribution in [0.2, 0.25) is 0 Å². The summed E-state index contributed by atoms with van der Waals surface area (Å²) in [6.07, 6.45) is 0. The lowest BCUT2D eigenvalue weighted by Gasteiger charge is -2.24. The van der Waals surface area contributed by atoms with Crippen molar-refractivity contribution in [2.24, 2.45) is 0 Å². The second-order valence-corrected chi connectivity index (χ2v) is 10.1. The SMILES string of the molecule is CCOc1ccc(NC(=O)N(Cc2ccc(F)cc2)Cc2ccc(OS(=O)(=O)c3ccc(F)cc3)cc2)cc1. The van der Waals surface area contributed by atoms with Gasteiger partial charge in [0.2, 0.25) is 0 Å². The van der Waals surface area contributed by atoms with Crippen molar-refractivity contribution >= 4 is 21.8 Å². The molecule has 0 aromatic heterocycles. The maximum absolute atomic E-state index is 13.4. The summed E-state index contributed by atoms with van der Waals surface area (Å²) in [5, 5.41) is 2.85. The summed E-state index contributed by atoms with van der Waals surface area (Å²) in [6.45, 7) is 2.77. The van der Waals surface area contributed by atoms with Crippen LogP contribution >= 0.6 is 0 Å². The average Bonchev–Trinajstić information content (AvgIpc) is 2.92. The lowest BCUT2D eigenvalue weighted by Crippen LogP contribution is -2.34. The van der Waals surface area contributed by atoms with Gasteiger partial charge in [-0.3, -0.25) is 0 Å². The van der Waals surface area contributed by atoms with Crippen molar-refractivity contribution in [3.05, 3.63) is 120 Å². The van der Waals surface area contributed by atoms with Gasteiger partial charge in [-0.25, -0.2) is 13.6 Å². The quantitative estimate of drug-likeness (QED) is 0.231. The van der Waals surface area contributed by atoms with E-state index < -0.39 is 15.9 Å². The molecule has 2 amide bonds. The summed E-state index contributed by atoms with van der Waals surface area (Å²) < 4.78 is 62.1. The van der Waals surface area contributed by atoms with Gasteiger partial charge < -0.3 is 19.1 Å². The molecule has 10 heteroatoms. The predicted molar refractivity (Wildman–Crippen MR) is 143 cm³/mol. The molecule has 202 valence electrons. The number of rotatable bonds is 10. The maximum atomic E-state index is 13.4. The molecule has 0 aliphatic carbocycles. The third kappa shape index (κ3) is 7.78. The van der Waals surface area contributed by atoms with Gasteiger partial charge in [-0.05, 0) is 90.8 Å². The fourth-order valence-electron chi connectivity index (χ4n) is 3.66. The zero-order valence-electron chi connectivity index (χ0n) is 21.0. The number of ether oxygens (including phenoxy) is 1. The Morgan fingerprint density at radius 3 is 1.77 bits per heavy atom. The molecular weight excluding hydrogens is 526 g/mol. The average molecular weight is 553 g/mol. The summed E-state index contributed by atoms with van der Waals surface area (Å²) in [6, 6.07) is 22.9. The molecule has 4 aromatic rings. The number of hydrogen-bond donors (Lipinski definition) is 1. The summed E-state index contributed by atoms with van der Waals surface area (Å²) in [5.74, 6) is -0.195. The van der Waals surface area contributed by atoms with E-state index in [4.69, 9.17) is 8.92 Å². The standard InChI is InChI=1S/C29H26F2N2O5S/c1-2-37-26-15-11-25(12-16-26)32-29(34)33(19-21-3-7-23(30)8-4-21)20-22-5-13-27(14-6-22)38-39(35,36)28-17-9-24(31)10-18-28/h3-18H,2,19-20H2,1H3,(H,32,34). The maximum Gasteiger partial charge on any atom is 0.339 e. The molecule has 0 atom stereocenters. The van der Waals surface area contributed by atoms with E-state index in [1.54, 1.807) is 48.5 Å². The molecule has 0 unspecified atom stereocenters. The molecule has 0 saturated carbocycles. The normalized spacial score (nSPS) is 11.1. The minimum Gasteiger partial charge on any atom is -0.494 e. The molecule has 4 aromatic carbocycles. The van der Waals surface area contributed by atoms with Crippen molar-refractivity contribution in [2.45, 2.75) is 24.9 Å². The van der Waals surface area contributed by atoms with Crippen LogP contribution in [-0.4, -0.2) is 26.0 Å². The molecule has 4 rings (SSSR count). The third-order valence-electron chi connectivity index (χ3n) is 5.60. The Morgan fingerprint density at radius 2 is 1.23 bits per heavy atom. The topological polar surface area (TPSA) is 84.9 Å². The fourth-order valence-corrected chi connectivity index (χ4v) is 4.59. The molecule has 0 bridgehead atoms. The molecule has 7 nitrogen and oxygen atoms in total. The molecule has 0 saturated heterocycles. The van der Waals surface area contributed by atoms with Gasteiger partial charge in [0, 0.05) is 18.8 Å². The highest BCUT2D eigenvalue weighted by molar-refractivity contribution is 7.87. The lowest BCUT2D eigenvalue weighted by atomic mass is 10.1. The first-order valence-electron chi connectivity index (χ1n) is 12.0. The Kier molecular flexibility index (Phi) is 8.77. The van der Waals surface area contributed by atoms with Crippen LogP contribution in [0.4, 0.5) is 19.3 Å². The second kappa shape index (κ2) is 12.4. The van der Waals surface area contributed by atoms with Gasteiger partial charge in [0.1, 0.15) is 28.0 Å². The molecule has 0 radical (unpaired) electrons. The van der Waals surface area contributed by atoms with Gasteiger partial charge in [0.15, 0.2) is 0 Å². The third-order valence-corrected chi connectivity index (χ3v) is 6.86. The van der Waals surface area contributed by atoms with E-state index in [9.17, 15) is 22.0 Å². The smallest absolute Gasteiger partial charge is 0.339 e. The minimum atomic E-state index is -4.15. The zero-order chi connectivity index (χ0) is 27.8. The van der Waals surface area contributed by atoms with Crippen LogP contribution in [0.25, 0.3) is 0 Å². The Bertz CT molecular complexity index is 1490. The van der Waals surface area contributed by atoms with Crippen LogP contribution in [0.15, 0.2) is 102 Å². The van der Waals surface area contributed by atoms with Crippen molar-refractivity contribution < 1.29 is 30.9 Å². The Labute approximate surface area is 225 Å². The number of hydrogen-bond acceptors (Lipinski definition) is 5. The van der Waals surface area contributed by atoms with E-state index in [0.29, 0.717) is 23.6 Å². The predicted octanol–water partition coefficient (Wildman–Crippen LogP) is 6.37. The fraction of sp³-hybridized carbons (Fsp3) is 0.138. The molecule has 0 aliphatic heterocycles. The van der Waals surface area contributed by atoms with Crippen LogP contribution < -0.4 is 14.2 Å². The van der Waals surface area contributed by atoms with Crippen LogP contribution in [0.1, 0.15) is 18.1 Å². The molecule has 39 heavy (non-hydrogen) atoms. The first-order chi connectivity index (χ1) is 18.7. The van der Waals surface area contributed by atoms with Gasteiger partial charge in [0.25, 0.3) is 0 Å². The molecule has 0 heterocycles. The van der Waals surface area contributed by atoms with E-state index in [2.05, 4.69) is 5.32 Å². The molecule has 1 N–H and O–H groups in total. The van der Waals surface area contributed by atoms with Crippen LogP contribution in [-0.2, 0) is 23.2 Å². The molecular formula is C29H26F2N2O5S. The van der Waals surface area contributed by atoms with E-state index >= 15 is 0 Å². The van der Waals surface area contributed by atoms with Crippen LogP contribution in [0.5, 0.6) is 11.5 Å². The van der Waals surface area contributed by atoms with Crippen molar-refractivity contribution in [2.75, 3.05) is 11.9 Å². The van der Waals surface area contributed by atoms with E-state index in [0.717, 1.165) is 29.8 Å². The Morgan fingerprint density at radius 1 is 0.744 bits per heavy atom. The first kappa shape index (κ1) is 27.6. The van der Waals surface area contributed by atoms with Crippen molar-refractivity contribution in [3.8, 4) is 11.5 Å². The van der Waals surface area contributed by atoms with E-state index in [1.807, 2.05) is 6.92 Å². The van der Waals surface area contributed by atoms with E-state index in [1.165, 1.54) is 29.2 Å². The Hall–Kier alpha value is -4.44. The monoisotopic (exact) mass is 552 g/mol. The molecule has 0 spiro atoms. The number of anilines is 1. The van der Waals surface area contributed by atoms with Crippen molar-refractivity contribution in [1.29, 1.82) is 0 Å². The van der Waals surface area contributed by atoms with E-state index in [-0.39, 0.29) is 35.6 Å².